The fourth-order valence-corrected chi connectivity index (χ4v) is 3.70. The maximum absolute atomic E-state index is 11.4. The smallest absolute Gasteiger partial charge is 0.134 e. The van der Waals surface area contributed by atoms with Gasteiger partial charge in [0.15, 0.2) is 0 Å². The number of anilines is 1. The lowest BCUT2D eigenvalue weighted by Gasteiger charge is -2.23. The number of fused-ring (bicyclic) bond motifs is 1. The molecule has 1 aliphatic heterocycles. The van der Waals surface area contributed by atoms with E-state index in [-0.39, 0.29) is 5.75 Å². The van der Waals surface area contributed by atoms with Crippen LogP contribution in [0.15, 0.2) is 30.5 Å². The van der Waals surface area contributed by atoms with E-state index in [0.717, 1.165) is 40.9 Å². The van der Waals surface area contributed by atoms with Crippen molar-refractivity contribution in [2.75, 3.05) is 16.8 Å². The molecule has 2 N–H and O–H groups in total. The van der Waals surface area contributed by atoms with Gasteiger partial charge in [-0.3, -0.25) is 4.21 Å². The van der Waals surface area contributed by atoms with E-state index in [1.54, 1.807) is 18.3 Å². The van der Waals surface area contributed by atoms with Gasteiger partial charge >= 0.3 is 0 Å². The minimum absolute atomic E-state index is 0.244. The van der Waals surface area contributed by atoms with Gasteiger partial charge in [0.2, 0.25) is 0 Å². The molecular weight excluding hydrogens is 260 g/mol. The number of phenols is 1. The predicted octanol–water partition coefficient (Wildman–Crippen LogP) is 2.26. The summed E-state index contributed by atoms with van der Waals surface area (Å²) < 4.78 is 11.4. The van der Waals surface area contributed by atoms with Gasteiger partial charge in [0.05, 0.1) is 0 Å². The van der Waals surface area contributed by atoms with Crippen LogP contribution in [-0.4, -0.2) is 31.8 Å². The summed E-state index contributed by atoms with van der Waals surface area (Å²) in [4.78, 5) is 4.36. The highest BCUT2D eigenvalue weighted by molar-refractivity contribution is 7.85. The monoisotopic (exact) mass is 276 g/mol. The Morgan fingerprint density at radius 2 is 2.05 bits per heavy atom. The third kappa shape index (κ3) is 2.71. The molecule has 0 atom stereocenters. The van der Waals surface area contributed by atoms with Crippen LogP contribution in [0.4, 0.5) is 5.82 Å². The lowest BCUT2D eigenvalue weighted by molar-refractivity contribution is 0.476. The molecule has 1 saturated heterocycles. The van der Waals surface area contributed by atoms with Crippen molar-refractivity contribution in [1.82, 2.24) is 4.98 Å². The molecule has 1 aromatic carbocycles. The summed E-state index contributed by atoms with van der Waals surface area (Å²) in [5, 5.41) is 15.0. The maximum atomic E-state index is 11.4. The van der Waals surface area contributed by atoms with Crippen molar-refractivity contribution < 1.29 is 9.32 Å². The van der Waals surface area contributed by atoms with Crippen LogP contribution in [0.3, 0.4) is 0 Å². The number of nitrogens with one attached hydrogen (secondary N) is 1. The molecular formula is C14H16N2O2S. The van der Waals surface area contributed by atoms with E-state index < -0.39 is 10.8 Å². The van der Waals surface area contributed by atoms with Gasteiger partial charge in [-0.05, 0) is 36.4 Å². The average molecular weight is 276 g/mol. The van der Waals surface area contributed by atoms with E-state index in [0.29, 0.717) is 6.04 Å². The molecule has 0 aliphatic carbocycles. The Morgan fingerprint density at radius 1 is 1.26 bits per heavy atom. The van der Waals surface area contributed by atoms with Gasteiger partial charge in [0.25, 0.3) is 0 Å². The zero-order valence-electron chi connectivity index (χ0n) is 10.5. The quantitative estimate of drug-likeness (QED) is 0.883. The van der Waals surface area contributed by atoms with Gasteiger partial charge in [-0.15, -0.1) is 0 Å². The van der Waals surface area contributed by atoms with Gasteiger partial charge in [0.1, 0.15) is 11.6 Å². The van der Waals surface area contributed by atoms with Crippen molar-refractivity contribution >= 4 is 27.4 Å². The van der Waals surface area contributed by atoms with Crippen molar-refractivity contribution in [3.05, 3.63) is 30.5 Å². The van der Waals surface area contributed by atoms with Crippen LogP contribution >= 0.6 is 0 Å². The van der Waals surface area contributed by atoms with Gasteiger partial charge in [-0.2, -0.15) is 0 Å². The number of pyridine rings is 1. The number of rotatable bonds is 2. The molecule has 0 spiro atoms. The lowest BCUT2D eigenvalue weighted by atomic mass is 10.1. The highest BCUT2D eigenvalue weighted by Crippen LogP contribution is 2.26. The van der Waals surface area contributed by atoms with Gasteiger partial charge in [0, 0.05) is 39.9 Å². The molecule has 2 heterocycles. The second kappa shape index (κ2) is 5.17. The fourth-order valence-electron chi connectivity index (χ4n) is 2.40. The van der Waals surface area contributed by atoms with Crippen molar-refractivity contribution in [1.29, 1.82) is 0 Å². The van der Waals surface area contributed by atoms with Crippen molar-refractivity contribution in [3.8, 4) is 5.75 Å². The number of hydrogen-bond donors (Lipinski definition) is 2. The number of aromatic hydroxyl groups is 1. The molecule has 0 saturated carbocycles. The third-order valence-corrected chi connectivity index (χ3v) is 4.86. The van der Waals surface area contributed by atoms with E-state index in [4.69, 9.17) is 0 Å². The zero-order chi connectivity index (χ0) is 13.2. The van der Waals surface area contributed by atoms with E-state index in [1.165, 1.54) is 0 Å². The summed E-state index contributed by atoms with van der Waals surface area (Å²) in [5.41, 5.74) is 0. The molecule has 1 aromatic heterocycles. The lowest BCUT2D eigenvalue weighted by Crippen LogP contribution is -2.29. The minimum atomic E-state index is -0.650. The van der Waals surface area contributed by atoms with Crippen LogP contribution in [-0.2, 0) is 10.8 Å². The van der Waals surface area contributed by atoms with Crippen molar-refractivity contribution in [2.24, 2.45) is 0 Å². The van der Waals surface area contributed by atoms with Crippen LogP contribution in [0.5, 0.6) is 5.75 Å². The Labute approximate surface area is 114 Å². The Hall–Kier alpha value is -1.62. The van der Waals surface area contributed by atoms with Crippen LogP contribution in [0.25, 0.3) is 10.8 Å². The summed E-state index contributed by atoms with van der Waals surface area (Å²) >= 11 is 0. The number of aromatic nitrogens is 1. The first-order chi connectivity index (χ1) is 9.22. The summed E-state index contributed by atoms with van der Waals surface area (Å²) in [5.74, 6) is 2.56. The number of nitrogens with zero attached hydrogens (tertiary/aromatic N) is 1. The number of phenolic OH excluding ortho intramolecular Hbond substituents is 1. The molecule has 1 fully saturated rings. The van der Waals surface area contributed by atoms with E-state index in [2.05, 4.69) is 10.3 Å². The predicted molar refractivity (Wildman–Crippen MR) is 77.9 cm³/mol. The number of benzene rings is 1. The molecule has 5 heteroatoms. The highest BCUT2D eigenvalue weighted by Gasteiger charge is 2.18. The molecule has 0 amide bonds. The second-order valence-electron chi connectivity index (χ2n) is 4.83. The maximum Gasteiger partial charge on any atom is 0.134 e. The van der Waals surface area contributed by atoms with Crippen LogP contribution in [0, 0.1) is 0 Å². The molecule has 2 aromatic rings. The third-order valence-electron chi connectivity index (χ3n) is 3.48. The van der Waals surface area contributed by atoms with Gasteiger partial charge < -0.3 is 10.4 Å². The average Bonchev–Trinajstić information content (AvgIpc) is 2.42. The summed E-state index contributed by atoms with van der Waals surface area (Å²) in [6, 6.07) is 7.53. The zero-order valence-corrected chi connectivity index (χ0v) is 11.3. The molecule has 0 bridgehead atoms. The first-order valence-corrected chi connectivity index (χ1v) is 7.90. The highest BCUT2D eigenvalue weighted by atomic mass is 32.2. The second-order valence-corrected chi connectivity index (χ2v) is 6.53. The van der Waals surface area contributed by atoms with Crippen molar-refractivity contribution in [3.63, 3.8) is 0 Å². The normalized spacial score (nSPS) is 23.4. The van der Waals surface area contributed by atoms with Crippen LogP contribution in [0.1, 0.15) is 12.8 Å². The standard InChI is InChI=1S/C14H16N2O2S/c17-12-2-1-10-3-6-15-14(13(10)9-12)16-11-4-7-19(18)8-5-11/h1-3,6,9,11,17H,4-5,7-8H2,(H,15,16). The molecule has 0 radical (unpaired) electrons. The largest absolute Gasteiger partial charge is 0.508 e. The molecule has 3 rings (SSSR count). The Morgan fingerprint density at radius 3 is 2.84 bits per heavy atom. The molecule has 4 nitrogen and oxygen atoms in total. The Bertz CT molecular complexity index is 620. The van der Waals surface area contributed by atoms with Crippen LogP contribution in [0.2, 0.25) is 0 Å². The van der Waals surface area contributed by atoms with E-state index >= 15 is 0 Å². The van der Waals surface area contributed by atoms with E-state index in [1.807, 2.05) is 12.1 Å². The minimum Gasteiger partial charge on any atom is -0.508 e. The molecule has 19 heavy (non-hydrogen) atoms. The molecule has 1 aliphatic rings. The van der Waals surface area contributed by atoms with Crippen LogP contribution < -0.4 is 5.32 Å². The molecule has 0 unspecified atom stereocenters. The van der Waals surface area contributed by atoms with Crippen molar-refractivity contribution in [2.45, 2.75) is 18.9 Å². The first kappa shape index (κ1) is 12.4. The SMILES string of the molecule is O=S1CCC(Nc2nccc3ccc(O)cc23)CC1. The van der Waals surface area contributed by atoms with E-state index in [9.17, 15) is 9.32 Å². The Kier molecular flexibility index (Phi) is 3.38. The number of hydrogen-bond acceptors (Lipinski definition) is 4. The topological polar surface area (TPSA) is 62.2 Å². The summed E-state index contributed by atoms with van der Waals surface area (Å²) in [6.07, 6.45) is 3.58. The van der Waals surface area contributed by atoms with Gasteiger partial charge in [-0.25, -0.2) is 4.98 Å². The summed E-state index contributed by atoms with van der Waals surface area (Å²) in [6.45, 7) is 0. The molecule has 100 valence electrons. The van der Waals surface area contributed by atoms with Gasteiger partial charge in [-0.1, -0.05) is 6.07 Å². The fraction of sp³-hybridized carbons (Fsp3) is 0.357. The summed E-state index contributed by atoms with van der Waals surface area (Å²) in [7, 11) is -0.650. The Balaban J connectivity index is 1.88. The first-order valence-electron chi connectivity index (χ1n) is 6.41.